The summed E-state index contributed by atoms with van der Waals surface area (Å²) in [5, 5.41) is 18.2. The van der Waals surface area contributed by atoms with Crippen molar-refractivity contribution in [3.63, 3.8) is 0 Å². The van der Waals surface area contributed by atoms with Crippen LogP contribution in [0.3, 0.4) is 0 Å². The fraction of sp³-hybridized carbons (Fsp3) is 0.188. The molecule has 1 N–H and O–H groups in total. The summed E-state index contributed by atoms with van der Waals surface area (Å²) in [6.07, 6.45) is 2.37. The van der Waals surface area contributed by atoms with E-state index in [4.69, 9.17) is 0 Å². The molecule has 3 aromatic rings. The number of hydrogen-bond donors (Lipinski definition) is 1. The summed E-state index contributed by atoms with van der Waals surface area (Å²) in [5.41, 5.74) is 1.32. The average molecular weight is 296 g/mol. The monoisotopic (exact) mass is 296 g/mol. The summed E-state index contributed by atoms with van der Waals surface area (Å²) in [6.45, 7) is 0.0874. The number of aromatic nitrogens is 4. The second-order valence-electron chi connectivity index (χ2n) is 5.06. The van der Waals surface area contributed by atoms with Crippen LogP contribution in [-0.2, 0) is 13.6 Å². The van der Waals surface area contributed by atoms with E-state index < -0.39 is 6.10 Å². The summed E-state index contributed by atoms with van der Waals surface area (Å²) in [4.78, 5) is 12.3. The van der Waals surface area contributed by atoms with Gasteiger partial charge in [0, 0.05) is 13.2 Å². The molecule has 1 atom stereocenters. The third-order valence-corrected chi connectivity index (χ3v) is 3.55. The Bertz CT molecular complexity index is 776. The first kappa shape index (κ1) is 14.2. The van der Waals surface area contributed by atoms with Gasteiger partial charge >= 0.3 is 0 Å². The number of carbonyl (C=O) groups is 1. The molecule has 2 aromatic heterocycles. The Hall–Kier alpha value is -2.73. The van der Waals surface area contributed by atoms with E-state index in [9.17, 15) is 9.90 Å². The zero-order chi connectivity index (χ0) is 15.5. The molecule has 0 aliphatic carbocycles. The number of rotatable bonds is 5. The van der Waals surface area contributed by atoms with Crippen LogP contribution in [-0.4, -0.2) is 30.2 Å². The van der Waals surface area contributed by atoms with E-state index >= 15 is 0 Å². The second kappa shape index (κ2) is 5.95. The van der Waals surface area contributed by atoms with Crippen molar-refractivity contribution in [2.24, 2.45) is 7.05 Å². The highest BCUT2D eigenvalue weighted by Crippen LogP contribution is 2.19. The van der Waals surface area contributed by atoms with Gasteiger partial charge in [-0.25, -0.2) is 0 Å². The van der Waals surface area contributed by atoms with Crippen molar-refractivity contribution in [1.29, 1.82) is 0 Å². The van der Waals surface area contributed by atoms with E-state index in [2.05, 4.69) is 10.2 Å². The Balaban J connectivity index is 1.84. The Kier molecular flexibility index (Phi) is 3.84. The molecule has 22 heavy (non-hydrogen) atoms. The quantitative estimate of drug-likeness (QED) is 0.726. The maximum atomic E-state index is 12.3. The van der Waals surface area contributed by atoms with Gasteiger partial charge in [-0.05, 0) is 17.7 Å². The highest BCUT2D eigenvalue weighted by molar-refractivity contribution is 5.94. The number of Topliss-reactive ketones (excluding diaryl/α,β-unsaturated/α-hetero) is 1. The van der Waals surface area contributed by atoms with Crippen LogP contribution in [0.15, 0.2) is 55.0 Å². The van der Waals surface area contributed by atoms with Crippen molar-refractivity contribution in [3.8, 4) is 0 Å². The number of nitrogens with zero attached hydrogens (tertiary/aromatic N) is 4. The van der Waals surface area contributed by atoms with Gasteiger partial charge in [0.1, 0.15) is 12.4 Å². The molecular formula is C16H16N4O2. The normalized spacial score (nSPS) is 12.3. The summed E-state index contributed by atoms with van der Waals surface area (Å²) in [5.74, 6) is 0.294. The first-order valence-electron chi connectivity index (χ1n) is 6.92. The second-order valence-corrected chi connectivity index (χ2v) is 5.06. The van der Waals surface area contributed by atoms with Crippen LogP contribution in [0, 0.1) is 0 Å². The Morgan fingerprint density at radius 1 is 1.23 bits per heavy atom. The zero-order valence-electron chi connectivity index (χ0n) is 12.1. The molecule has 6 heteroatoms. The third kappa shape index (κ3) is 2.68. The molecule has 0 fully saturated rings. The highest BCUT2D eigenvalue weighted by Gasteiger charge is 2.19. The molecule has 0 amide bonds. The van der Waals surface area contributed by atoms with Crippen molar-refractivity contribution in [2.75, 3.05) is 0 Å². The first-order chi connectivity index (χ1) is 10.7. The number of benzene rings is 1. The lowest BCUT2D eigenvalue weighted by Gasteiger charge is -2.12. The minimum atomic E-state index is -0.912. The predicted octanol–water partition coefficient (Wildman–Crippen LogP) is 1.58. The van der Waals surface area contributed by atoms with E-state index in [0.29, 0.717) is 17.1 Å². The van der Waals surface area contributed by atoms with Crippen molar-refractivity contribution < 1.29 is 9.90 Å². The molecule has 0 spiro atoms. The lowest BCUT2D eigenvalue weighted by atomic mass is 10.1. The largest absolute Gasteiger partial charge is 0.380 e. The van der Waals surface area contributed by atoms with Crippen molar-refractivity contribution in [3.05, 3.63) is 72.1 Å². The summed E-state index contributed by atoms with van der Waals surface area (Å²) < 4.78 is 3.34. The first-order valence-corrected chi connectivity index (χ1v) is 6.92. The number of aliphatic hydroxyl groups is 1. The molecule has 2 heterocycles. The molecule has 0 saturated heterocycles. The molecule has 0 saturated carbocycles. The van der Waals surface area contributed by atoms with E-state index in [-0.39, 0.29) is 12.3 Å². The van der Waals surface area contributed by atoms with Crippen molar-refractivity contribution in [2.45, 2.75) is 12.6 Å². The molecule has 0 aliphatic rings. The van der Waals surface area contributed by atoms with Crippen LogP contribution in [0.5, 0.6) is 0 Å². The van der Waals surface area contributed by atoms with Gasteiger partial charge in [0.15, 0.2) is 11.6 Å². The fourth-order valence-electron chi connectivity index (χ4n) is 2.37. The lowest BCUT2D eigenvalue weighted by molar-refractivity contribution is 0.0959. The predicted molar refractivity (Wildman–Crippen MR) is 80.3 cm³/mol. The van der Waals surface area contributed by atoms with Crippen LogP contribution < -0.4 is 0 Å². The highest BCUT2D eigenvalue weighted by atomic mass is 16.3. The standard InChI is InChI=1S/C16H16N4O2/c1-19-9-5-8-13(19)14(21)10-20-11-17-18-16(20)15(22)12-6-3-2-4-7-12/h2-9,11,15,22H,10H2,1H3/t15-/m0/s1. The van der Waals surface area contributed by atoms with Gasteiger partial charge in [0.2, 0.25) is 0 Å². The number of hydrogen-bond acceptors (Lipinski definition) is 4. The van der Waals surface area contributed by atoms with Gasteiger partial charge < -0.3 is 14.2 Å². The Labute approximate surface area is 127 Å². The summed E-state index contributed by atoms with van der Waals surface area (Å²) >= 11 is 0. The molecule has 112 valence electrons. The van der Waals surface area contributed by atoms with E-state index in [1.54, 1.807) is 15.2 Å². The smallest absolute Gasteiger partial charge is 0.198 e. The minimum Gasteiger partial charge on any atom is -0.380 e. The maximum Gasteiger partial charge on any atom is 0.198 e. The molecule has 0 aliphatic heterocycles. The van der Waals surface area contributed by atoms with Crippen molar-refractivity contribution >= 4 is 5.78 Å². The van der Waals surface area contributed by atoms with Gasteiger partial charge in [-0.15, -0.1) is 10.2 Å². The van der Waals surface area contributed by atoms with Crippen LogP contribution in [0.25, 0.3) is 0 Å². The zero-order valence-corrected chi connectivity index (χ0v) is 12.1. The number of aryl methyl sites for hydroxylation is 1. The topological polar surface area (TPSA) is 72.9 Å². The van der Waals surface area contributed by atoms with Gasteiger partial charge in [-0.2, -0.15) is 0 Å². The van der Waals surface area contributed by atoms with E-state index in [1.165, 1.54) is 6.33 Å². The SMILES string of the molecule is Cn1cccc1C(=O)Cn1cnnc1[C@@H](O)c1ccccc1. The summed E-state index contributed by atoms with van der Waals surface area (Å²) in [7, 11) is 1.82. The molecule has 0 bridgehead atoms. The Morgan fingerprint density at radius 2 is 2.00 bits per heavy atom. The molecule has 0 unspecified atom stereocenters. The van der Waals surface area contributed by atoms with E-state index in [0.717, 1.165) is 0 Å². The van der Waals surface area contributed by atoms with Gasteiger partial charge in [-0.1, -0.05) is 30.3 Å². The molecule has 1 aromatic carbocycles. The van der Waals surface area contributed by atoms with Crippen LogP contribution in [0.4, 0.5) is 0 Å². The van der Waals surface area contributed by atoms with Crippen LogP contribution in [0.2, 0.25) is 0 Å². The minimum absolute atomic E-state index is 0.0613. The third-order valence-electron chi connectivity index (χ3n) is 3.55. The molecular weight excluding hydrogens is 280 g/mol. The molecule has 3 rings (SSSR count). The number of carbonyl (C=O) groups excluding carboxylic acids is 1. The maximum absolute atomic E-state index is 12.3. The summed E-state index contributed by atoms with van der Waals surface area (Å²) in [6, 6.07) is 12.8. The molecule has 6 nitrogen and oxygen atoms in total. The van der Waals surface area contributed by atoms with Crippen molar-refractivity contribution in [1.82, 2.24) is 19.3 Å². The van der Waals surface area contributed by atoms with Gasteiger partial charge in [0.25, 0.3) is 0 Å². The average Bonchev–Trinajstić information content (AvgIpc) is 3.16. The molecule has 0 radical (unpaired) electrons. The van der Waals surface area contributed by atoms with Crippen LogP contribution in [0.1, 0.15) is 28.0 Å². The lowest BCUT2D eigenvalue weighted by Crippen LogP contribution is -2.17. The number of aliphatic hydroxyl groups excluding tert-OH is 1. The van der Waals surface area contributed by atoms with Gasteiger partial charge in [-0.3, -0.25) is 4.79 Å². The van der Waals surface area contributed by atoms with Gasteiger partial charge in [0.05, 0.1) is 12.2 Å². The van der Waals surface area contributed by atoms with E-state index in [1.807, 2.05) is 49.6 Å². The Morgan fingerprint density at radius 3 is 2.68 bits per heavy atom. The number of ketones is 1. The van der Waals surface area contributed by atoms with Crippen LogP contribution >= 0.6 is 0 Å². The fourth-order valence-corrected chi connectivity index (χ4v) is 2.37.